The van der Waals surface area contributed by atoms with E-state index in [4.69, 9.17) is 4.74 Å². The van der Waals surface area contributed by atoms with E-state index in [1.807, 2.05) is 13.8 Å². The molecule has 5 fully saturated rings. The highest BCUT2D eigenvalue weighted by Gasteiger charge is 2.67. The molecule has 0 heterocycles. The molecule has 0 aromatic carbocycles. The summed E-state index contributed by atoms with van der Waals surface area (Å²) in [6.45, 7) is 15.4. The standard InChI is InChI=1S/C28H44O4.C2H6/c1-17(29)32-23-12-15-27(5)21(25(23,2)3)11-14-26(4)19-10-16-28(24(30)31)13-6-7-20(28)18(19)8-9-22(26)27;1-2/h18-23H,6-16H2,1-5H3,(H,30,31);1-2H3. The molecule has 1 N–H and O–H groups in total. The third-order valence-electron chi connectivity index (χ3n) is 12.2. The lowest BCUT2D eigenvalue weighted by Crippen LogP contribution is -2.63. The third-order valence-corrected chi connectivity index (χ3v) is 12.2. The molecule has 5 aliphatic carbocycles. The van der Waals surface area contributed by atoms with Gasteiger partial charge >= 0.3 is 11.9 Å². The maximum atomic E-state index is 12.4. The van der Waals surface area contributed by atoms with Crippen molar-refractivity contribution in [2.45, 2.75) is 125 Å². The summed E-state index contributed by atoms with van der Waals surface area (Å²) in [6, 6.07) is 0. The van der Waals surface area contributed by atoms with Gasteiger partial charge in [-0.2, -0.15) is 0 Å². The molecule has 4 nitrogen and oxygen atoms in total. The van der Waals surface area contributed by atoms with Crippen molar-refractivity contribution in [1.29, 1.82) is 0 Å². The van der Waals surface area contributed by atoms with Gasteiger partial charge in [-0.3, -0.25) is 9.59 Å². The Morgan fingerprint density at radius 1 is 0.765 bits per heavy atom. The fourth-order valence-electron chi connectivity index (χ4n) is 11.0. The first kappa shape index (κ1) is 26.0. The Bertz CT molecular complexity index is 804. The number of carbonyl (C=O) groups excluding carboxylic acids is 1. The van der Waals surface area contributed by atoms with Crippen molar-refractivity contribution < 1.29 is 19.4 Å². The van der Waals surface area contributed by atoms with Crippen LogP contribution in [0.15, 0.2) is 0 Å². The topological polar surface area (TPSA) is 63.6 Å². The molecule has 194 valence electrons. The second-order valence-electron chi connectivity index (χ2n) is 13.5. The molecule has 5 saturated carbocycles. The van der Waals surface area contributed by atoms with E-state index in [-0.39, 0.29) is 22.9 Å². The molecule has 0 aliphatic heterocycles. The quantitative estimate of drug-likeness (QED) is 0.421. The van der Waals surface area contributed by atoms with Crippen molar-refractivity contribution in [3.63, 3.8) is 0 Å². The number of hydrogen-bond acceptors (Lipinski definition) is 3. The van der Waals surface area contributed by atoms with E-state index in [9.17, 15) is 14.7 Å². The highest BCUT2D eigenvalue weighted by Crippen LogP contribution is 2.73. The minimum atomic E-state index is -0.507. The van der Waals surface area contributed by atoms with Crippen LogP contribution >= 0.6 is 0 Å². The second kappa shape index (κ2) is 8.80. The van der Waals surface area contributed by atoms with Gasteiger partial charge in [-0.15, -0.1) is 0 Å². The van der Waals surface area contributed by atoms with Crippen LogP contribution in [0.1, 0.15) is 119 Å². The first-order valence-electron chi connectivity index (χ1n) is 14.4. The van der Waals surface area contributed by atoms with Gasteiger partial charge in [0.15, 0.2) is 0 Å². The molecule has 9 atom stereocenters. The molecule has 0 spiro atoms. The van der Waals surface area contributed by atoms with E-state index in [0.29, 0.717) is 35.0 Å². The van der Waals surface area contributed by atoms with Crippen LogP contribution in [0.5, 0.6) is 0 Å². The fraction of sp³-hybridized carbons (Fsp3) is 0.933. The van der Waals surface area contributed by atoms with Gasteiger partial charge in [0, 0.05) is 12.3 Å². The van der Waals surface area contributed by atoms with Crippen LogP contribution in [0.3, 0.4) is 0 Å². The van der Waals surface area contributed by atoms with E-state index >= 15 is 0 Å². The summed E-state index contributed by atoms with van der Waals surface area (Å²) in [7, 11) is 0. The lowest BCUT2D eigenvalue weighted by atomic mass is 9.36. The van der Waals surface area contributed by atoms with Gasteiger partial charge < -0.3 is 9.84 Å². The number of ether oxygens (including phenoxy) is 1. The second-order valence-corrected chi connectivity index (χ2v) is 13.5. The molecule has 0 saturated heterocycles. The van der Waals surface area contributed by atoms with E-state index in [0.717, 1.165) is 44.9 Å². The zero-order chi connectivity index (χ0) is 25.1. The fourth-order valence-corrected chi connectivity index (χ4v) is 11.0. The Kier molecular flexibility index (Phi) is 6.73. The lowest BCUT2D eigenvalue weighted by Gasteiger charge is -2.69. The minimum Gasteiger partial charge on any atom is -0.481 e. The van der Waals surface area contributed by atoms with Gasteiger partial charge in [-0.05, 0) is 105 Å². The van der Waals surface area contributed by atoms with Crippen molar-refractivity contribution in [3.05, 3.63) is 0 Å². The third kappa shape index (κ3) is 3.51. The van der Waals surface area contributed by atoms with Gasteiger partial charge in [-0.1, -0.05) is 48.0 Å². The zero-order valence-electron chi connectivity index (χ0n) is 22.9. The minimum absolute atomic E-state index is 0.00727. The zero-order valence-corrected chi connectivity index (χ0v) is 22.9. The SMILES string of the molecule is CC.CC(=O)OC1CCC2(C)C(CCC3(C)C4CCC5(C(=O)O)CCCC5C4CCC32)C1(C)C. The number of aliphatic carboxylic acids is 1. The van der Waals surface area contributed by atoms with E-state index in [1.54, 1.807) is 6.92 Å². The van der Waals surface area contributed by atoms with E-state index in [1.165, 1.54) is 25.7 Å². The Hall–Kier alpha value is -1.06. The molecule has 0 amide bonds. The maximum absolute atomic E-state index is 12.4. The molecular formula is C30H50O4. The van der Waals surface area contributed by atoms with Crippen molar-refractivity contribution in [2.75, 3.05) is 0 Å². The molecule has 5 aliphatic rings. The summed E-state index contributed by atoms with van der Waals surface area (Å²) in [4.78, 5) is 24.2. The smallest absolute Gasteiger partial charge is 0.309 e. The van der Waals surface area contributed by atoms with Gasteiger partial charge in [-0.25, -0.2) is 0 Å². The molecule has 0 aromatic heterocycles. The lowest BCUT2D eigenvalue weighted by molar-refractivity contribution is -0.222. The first-order valence-corrected chi connectivity index (χ1v) is 14.4. The molecule has 5 rings (SSSR count). The molecule has 0 bridgehead atoms. The van der Waals surface area contributed by atoms with E-state index in [2.05, 4.69) is 27.7 Å². The largest absolute Gasteiger partial charge is 0.481 e. The van der Waals surface area contributed by atoms with Crippen LogP contribution in [0, 0.1) is 51.2 Å². The van der Waals surface area contributed by atoms with Gasteiger partial charge in [0.1, 0.15) is 6.10 Å². The van der Waals surface area contributed by atoms with Crippen molar-refractivity contribution >= 4 is 11.9 Å². The monoisotopic (exact) mass is 474 g/mol. The number of hydrogen-bond donors (Lipinski definition) is 1. The number of esters is 1. The summed E-state index contributed by atoms with van der Waals surface area (Å²) in [5.74, 6) is 2.32. The molecular weight excluding hydrogens is 424 g/mol. The van der Waals surface area contributed by atoms with Crippen molar-refractivity contribution in [2.24, 2.45) is 51.2 Å². The average molecular weight is 475 g/mol. The number of carboxylic acids is 1. The van der Waals surface area contributed by atoms with Crippen molar-refractivity contribution in [1.82, 2.24) is 0 Å². The van der Waals surface area contributed by atoms with Gasteiger partial charge in [0.05, 0.1) is 5.41 Å². The number of carboxylic acid groups (broad SMARTS) is 1. The van der Waals surface area contributed by atoms with Crippen LogP contribution in [-0.4, -0.2) is 23.1 Å². The maximum Gasteiger partial charge on any atom is 0.309 e. The molecule has 0 aromatic rings. The molecule has 4 heteroatoms. The normalized spacial score (nSPS) is 48.7. The van der Waals surface area contributed by atoms with Crippen molar-refractivity contribution in [3.8, 4) is 0 Å². The summed E-state index contributed by atoms with van der Waals surface area (Å²) < 4.78 is 5.83. The van der Waals surface area contributed by atoms with E-state index < -0.39 is 11.4 Å². The Morgan fingerprint density at radius 3 is 2.09 bits per heavy atom. The van der Waals surface area contributed by atoms with Crippen LogP contribution < -0.4 is 0 Å². The Labute approximate surface area is 208 Å². The number of fused-ring (bicyclic) bond motifs is 7. The Morgan fingerprint density at radius 2 is 1.44 bits per heavy atom. The summed E-state index contributed by atoms with van der Waals surface area (Å²) >= 11 is 0. The highest BCUT2D eigenvalue weighted by molar-refractivity contribution is 5.75. The van der Waals surface area contributed by atoms with Gasteiger partial charge in [0.2, 0.25) is 0 Å². The highest BCUT2D eigenvalue weighted by atomic mass is 16.5. The summed E-state index contributed by atoms with van der Waals surface area (Å²) in [6.07, 6.45) is 12.3. The van der Waals surface area contributed by atoms with Crippen LogP contribution in [0.2, 0.25) is 0 Å². The number of carbonyl (C=O) groups is 2. The predicted molar refractivity (Wildman–Crippen MR) is 135 cm³/mol. The molecule has 0 radical (unpaired) electrons. The summed E-state index contributed by atoms with van der Waals surface area (Å²) in [5, 5.41) is 10.2. The van der Waals surface area contributed by atoms with Crippen LogP contribution in [0.4, 0.5) is 0 Å². The first-order chi connectivity index (χ1) is 16.0. The van der Waals surface area contributed by atoms with Gasteiger partial charge in [0.25, 0.3) is 0 Å². The Balaban J connectivity index is 0.00000133. The average Bonchev–Trinajstić information content (AvgIpc) is 3.23. The summed E-state index contributed by atoms with van der Waals surface area (Å²) in [5.41, 5.74) is 0.198. The molecule has 34 heavy (non-hydrogen) atoms. The van der Waals surface area contributed by atoms with Crippen LogP contribution in [0.25, 0.3) is 0 Å². The molecule has 9 unspecified atom stereocenters. The number of rotatable bonds is 2. The predicted octanol–water partition coefficient (Wildman–Crippen LogP) is 7.49. The van der Waals surface area contributed by atoms with Crippen LogP contribution in [-0.2, 0) is 14.3 Å².